The molecule has 0 aliphatic rings. The predicted molar refractivity (Wildman–Crippen MR) is 60.4 cm³/mol. The molecule has 0 aliphatic heterocycles. The van der Waals surface area contributed by atoms with Crippen LogP contribution in [0.3, 0.4) is 0 Å². The molecule has 0 saturated carbocycles. The first-order valence-corrected chi connectivity index (χ1v) is 6.31. The van der Waals surface area contributed by atoms with E-state index in [0.717, 1.165) is 0 Å². The van der Waals surface area contributed by atoms with Gasteiger partial charge < -0.3 is 10.1 Å². The third-order valence-corrected chi connectivity index (χ3v) is 3.86. The van der Waals surface area contributed by atoms with Gasteiger partial charge in [0.1, 0.15) is 5.75 Å². The van der Waals surface area contributed by atoms with E-state index in [0.29, 0.717) is 17.8 Å². The minimum Gasteiger partial charge on any atom is -0.495 e. The summed E-state index contributed by atoms with van der Waals surface area (Å²) >= 11 is 0. The fourth-order valence-corrected chi connectivity index (χ4v) is 2.13. The molecule has 0 fully saturated rings. The summed E-state index contributed by atoms with van der Waals surface area (Å²) in [5.41, 5.74) is 0.340. The average molecular weight is 243 g/mol. The molecular formula is C10H13NO4S. The Hall–Kier alpha value is -1.56. The summed E-state index contributed by atoms with van der Waals surface area (Å²) in [5.74, 6) is 0.432. The number of benzene rings is 1. The van der Waals surface area contributed by atoms with Crippen LogP contribution in [0.2, 0.25) is 0 Å². The number of hydrogen-bond acceptors (Lipinski definition) is 4. The Bertz CT molecular complexity index is 482. The molecule has 16 heavy (non-hydrogen) atoms. The summed E-state index contributed by atoms with van der Waals surface area (Å²) in [5, 5.41) is 2.39. The van der Waals surface area contributed by atoms with Crippen LogP contribution in [0.1, 0.15) is 6.92 Å². The number of amides is 1. The van der Waals surface area contributed by atoms with E-state index < -0.39 is 9.84 Å². The van der Waals surface area contributed by atoms with Crippen molar-refractivity contribution in [2.24, 2.45) is 0 Å². The summed E-state index contributed by atoms with van der Waals surface area (Å²) in [6.45, 7) is 1.56. The molecule has 5 nitrogen and oxygen atoms in total. The molecule has 0 atom stereocenters. The van der Waals surface area contributed by atoms with Gasteiger partial charge in [0.05, 0.1) is 23.4 Å². The number of hydrogen-bond donors (Lipinski definition) is 1. The van der Waals surface area contributed by atoms with Gasteiger partial charge in [0.2, 0.25) is 6.41 Å². The Morgan fingerprint density at radius 3 is 2.62 bits per heavy atom. The van der Waals surface area contributed by atoms with Crippen LogP contribution < -0.4 is 10.1 Å². The molecule has 1 N–H and O–H groups in total. The molecule has 88 valence electrons. The minimum absolute atomic E-state index is 0.0137. The van der Waals surface area contributed by atoms with Gasteiger partial charge in [-0.05, 0) is 18.2 Å². The molecule has 0 radical (unpaired) electrons. The quantitative estimate of drug-likeness (QED) is 0.785. The highest BCUT2D eigenvalue weighted by Gasteiger charge is 2.14. The lowest BCUT2D eigenvalue weighted by molar-refractivity contribution is -0.105. The highest BCUT2D eigenvalue weighted by molar-refractivity contribution is 7.91. The number of methoxy groups -OCH3 is 1. The Morgan fingerprint density at radius 1 is 1.44 bits per heavy atom. The van der Waals surface area contributed by atoms with Crippen LogP contribution in [-0.2, 0) is 14.6 Å². The van der Waals surface area contributed by atoms with E-state index in [1.807, 2.05) is 0 Å². The number of nitrogens with one attached hydrogen (secondary N) is 1. The first-order valence-electron chi connectivity index (χ1n) is 4.66. The normalized spacial score (nSPS) is 10.9. The monoisotopic (exact) mass is 243 g/mol. The zero-order chi connectivity index (χ0) is 12.2. The summed E-state index contributed by atoms with van der Waals surface area (Å²) in [6, 6.07) is 4.34. The molecule has 0 spiro atoms. The molecule has 1 rings (SSSR count). The largest absolute Gasteiger partial charge is 0.495 e. The number of carbonyl (C=O) groups is 1. The lowest BCUT2D eigenvalue weighted by atomic mass is 10.3. The van der Waals surface area contributed by atoms with Gasteiger partial charge in [-0.15, -0.1) is 0 Å². The third-order valence-electron chi connectivity index (χ3n) is 2.12. The summed E-state index contributed by atoms with van der Waals surface area (Å²) in [6.07, 6.45) is 0.472. The van der Waals surface area contributed by atoms with Gasteiger partial charge in [-0.25, -0.2) is 8.42 Å². The molecule has 0 saturated heterocycles. The molecular weight excluding hydrogens is 230 g/mol. The maximum atomic E-state index is 11.6. The van der Waals surface area contributed by atoms with Gasteiger partial charge in [-0.3, -0.25) is 4.79 Å². The molecule has 0 unspecified atom stereocenters. The fraction of sp³-hybridized carbons (Fsp3) is 0.300. The van der Waals surface area contributed by atoms with Gasteiger partial charge in [0, 0.05) is 0 Å². The van der Waals surface area contributed by atoms with Crippen molar-refractivity contribution >= 4 is 21.9 Å². The van der Waals surface area contributed by atoms with Crippen LogP contribution in [-0.4, -0.2) is 27.7 Å². The van der Waals surface area contributed by atoms with E-state index in [1.54, 1.807) is 6.92 Å². The molecule has 0 aliphatic carbocycles. The van der Waals surface area contributed by atoms with E-state index in [4.69, 9.17) is 4.74 Å². The molecule has 0 bridgehead atoms. The van der Waals surface area contributed by atoms with Crippen LogP contribution in [0.25, 0.3) is 0 Å². The van der Waals surface area contributed by atoms with E-state index in [1.165, 1.54) is 25.3 Å². The van der Waals surface area contributed by atoms with Crippen molar-refractivity contribution in [3.63, 3.8) is 0 Å². The first-order chi connectivity index (χ1) is 7.55. The smallest absolute Gasteiger partial charge is 0.211 e. The molecule has 1 aromatic carbocycles. The van der Waals surface area contributed by atoms with Gasteiger partial charge in [0.15, 0.2) is 9.84 Å². The van der Waals surface area contributed by atoms with E-state index in [-0.39, 0.29) is 10.6 Å². The predicted octanol–water partition coefficient (Wildman–Crippen LogP) is 1.06. The standard InChI is InChI=1S/C10H13NO4S/c1-3-16(13,14)8-4-5-10(15-2)9(6-8)11-7-12/h4-7H,3H2,1-2H3,(H,11,12). The third kappa shape index (κ3) is 2.52. The van der Waals surface area contributed by atoms with Gasteiger partial charge in [0.25, 0.3) is 0 Å². The van der Waals surface area contributed by atoms with Crippen molar-refractivity contribution in [1.82, 2.24) is 0 Å². The maximum absolute atomic E-state index is 11.6. The van der Waals surface area contributed by atoms with Gasteiger partial charge in [-0.1, -0.05) is 6.92 Å². The number of ether oxygens (including phenoxy) is 1. The van der Waals surface area contributed by atoms with E-state index in [2.05, 4.69) is 5.32 Å². The average Bonchev–Trinajstić information content (AvgIpc) is 2.29. The zero-order valence-corrected chi connectivity index (χ0v) is 9.87. The Labute approximate surface area is 94.3 Å². The summed E-state index contributed by atoms with van der Waals surface area (Å²) in [7, 11) is -1.83. The van der Waals surface area contributed by atoms with Crippen molar-refractivity contribution in [2.45, 2.75) is 11.8 Å². The van der Waals surface area contributed by atoms with Crippen LogP contribution in [0.5, 0.6) is 5.75 Å². The highest BCUT2D eigenvalue weighted by Crippen LogP contribution is 2.27. The van der Waals surface area contributed by atoms with Crippen molar-refractivity contribution < 1.29 is 17.9 Å². The molecule has 1 aromatic rings. The van der Waals surface area contributed by atoms with E-state index in [9.17, 15) is 13.2 Å². The van der Waals surface area contributed by atoms with Crippen molar-refractivity contribution in [3.8, 4) is 5.75 Å². The van der Waals surface area contributed by atoms with E-state index >= 15 is 0 Å². The number of carbonyl (C=O) groups excluding carboxylic acids is 1. The second-order valence-corrected chi connectivity index (χ2v) is 5.31. The lowest BCUT2D eigenvalue weighted by Crippen LogP contribution is -2.05. The second-order valence-electron chi connectivity index (χ2n) is 3.03. The molecule has 6 heteroatoms. The molecule has 1 amide bonds. The Morgan fingerprint density at radius 2 is 2.12 bits per heavy atom. The van der Waals surface area contributed by atoms with Crippen LogP contribution >= 0.6 is 0 Å². The highest BCUT2D eigenvalue weighted by atomic mass is 32.2. The second kappa shape index (κ2) is 4.98. The van der Waals surface area contributed by atoms with Crippen molar-refractivity contribution in [3.05, 3.63) is 18.2 Å². The number of rotatable bonds is 5. The fourth-order valence-electron chi connectivity index (χ4n) is 1.22. The van der Waals surface area contributed by atoms with Gasteiger partial charge >= 0.3 is 0 Å². The Kier molecular flexibility index (Phi) is 3.89. The van der Waals surface area contributed by atoms with Crippen LogP contribution in [0, 0.1) is 0 Å². The topological polar surface area (TPSA) is 72.5 Å². The van der Waals surface area contributed by atoms with Gasteiger partial charge in [-0.2, -0.15) is 0 Å². The lowest BCUT2D eigenvalue weighted by Gasteiger charge is -2.09. The minimum atomic E-state index is -3.28. The molecule has 0 aromatic heterocycles. The first kappa shape index (κ1) is 12.5. The summed E-state index contributed by atoms with van der Waals surface area (Å²) < 4.78 is 28.2. The summed E-state index contributed by atoms with van der Waals surface area (Å²) in [4.78, 5) is 10.5. The van der Waals surface area contributed by atoms with Crippen molar-refractivity contribution in [1.29, 1.82) is 0 Å². The number of anilines is 1. The zero-order valence-electron chi connectivity index (χ0n) is 9.06. The Balaban J connectivity index is 3.26. The van der Waals surface area contributed by atoms with Crippen molar-refractivity contribution in [2.75, 3.05) is 18.2 Å². The van der Waals surface area contributed by atoms with Crippen LogP contribution in [0.15, 0.2) is 23.1 Å². The number of sulfone groups is 1. The SMILES string of the molecule is CCS(=O)(=O)c1ccc(OC)c(NC=O)c1. The maximum Gasteiger partial charge on any atom is 0.211 e. The molecule has 0 heterocycles. The van der Waals surface area contributed by atoms with Crippen LogP contribution in [0.4, 0.5) is 5.69 Å².